The summed E-state index contributed by atoms with van der Waals surface area (Å²) in [5.41, 5.74) is 1.21. The molecule has 3 nitrogen and oxygen atoms in total. The van der Waals surface area contributed by atoms with Crippen molar-refractivity contribution in [1.29, 1.82) is 0 Å². The predicted molar refractivity (Wildman–Crippen MR) is 89.1 cm³/mol. The second-order valence-corrected chi connectivity index (χ2v) is 5.72. The molecule has 2 N–H and O–H groups in total. The number of carbonyl (C=O) groups is 1. The largest absolute Gasteiger partial charge is 0.416 e. The van der Waals surface area contributed by atoms with Crippen molar-refractivity contribution in [1.82, 2.24) is 0 Å². The standard InChI is InChI=1S/C18H19F3N2O/c1-12(2)15-8-3-4-9-16(15)23-17(24)11-22-14-7-5-6-13(10-14)18(19,20)21/h3-10,12,22H,11H2,1-2H3,(H,23,24). The normalized spacial score (nSPS) is 11.4. The first-order chi connectivity index (χ1) is 11.3. The topological polar surface area (TPSA) is 41.1 Å². The van der Waals surface area contributed by atoms with Gasteiger partial charge in [-0.05, 0) is 35.7 Å². The van der Waals surface area contributed by atoms with Gasteiger partial charge in [-0.15, -0.1) is 0 Å². The molecule has 0 radical (unpaired) electrons. The van der Waals surface area contributed by atoms with E-state index in [4.69, 9.17) is 0 Å². The van der Waals surface area contributed by atoms with Crippen molar-refractivity contribution in [2.75, 3.05) is 17.2 Å². The Bertz CT molecular complexity index is 711. The number of hydrogen-bond acceptors (Lipinski definition) is 2. The number of anilines is 2. The van der Waals surface area contributed by atoms with Crippen LogP contribution in [-0.2, 0) is 11.0 Å². The summed E-state index contributed by atoms with van der Waals surface area (Å²) in [5, 5.41) is 5.50. The first-order valence-corrected chi connectivity index (χ1v) is 7.57. The minimum Gasteiger partial charge on any atom is -0.376 e. The number of benzene rings is 2. The molecule has 0 atom stereocenters. The fourth-order valence-corrected chi connectivity index (χ4v) is 2.30. The Morgan fingerprint density at radius 3 is 2.46 bits per heavy atom. The Labute approximate surface area is 138 Å². The first-order valence-electron chi connectivity index (χ1n) is 7.57. The number of carbonyl (C=O) groups excluding carboxylic acids is 1. The molecule has 6 heteroatoms. The zero-order valence-corrected chi connectivity index (χ0v) is 13.4. The summed E-state index contributed by atoms with van der Waals surface area (Å²) < 4.78 is 38.0. The molecule has 0 aliphatic rings. The molecule has 0 aliphatic heterocycles. The van der Waals surface area contributed by atoms with Crippen LogP contribution in [0.3, 0.4) is 0 Å². The molecule has 2 rings (SSSR count). The fraction of sp³-hybridized carbons (Fsp3) is 0.278. The van der Waals surface area contributed by atoms with Gasteiger partial charge in [0.2, 0.25) is 5.91 Å². The molecule has 0 unspecified atom stereocenters. The molecule has 0 fully saturated rings. The molecule has 2 aromatic carbocycles. The molecular formula is C18H19F3N2O. The highest BCUT2D eigenvalue weighted by molar-refractivity contribution is 5.94. The van der Waals surface area contributed by atoms with Crippen LogP contribution in [-0.4, -0.2) is 12.5 Å². The zero-order valence-electron chi connectivity index (χ0n) is 13.4. The molecule has 0 saturated heterocycles. The van der Waals surface area contributed by atoms with Gasteiger partial charge in [-0.1, -0.05) is 38.1 Å². The maximum atomic E-state index is 12.7. The van der Waals surface area contributed by atoms with Gasteiger partial charge in [0, 0.05) is 11.4 Å². The van der Waals surface area contributed by atoms with Crippen molar-refractivity contribution in [3.05, 3.63) is 59.7 Å². The zero-order chi connectivity index (χ0) is 17.7. The molecule has 128 valence electrons. The third-order valence-electron chi connectivity index (χ3n) is 3.50. The average molecular weight is 336 g/mol. The van der Waals surface area contributed by atoms with Gasteiger partial charge < -0.3 is 10.6 Å². The lowest BCUT2D eigenvalue weighted by Gasteiger charge is -2.14. The molecule has 2 aromatic rings. The number of nitrogens with one attached hydrogen (secondary N) is 2. The number of rotatable bonds is 5. The highest BCUT2D eigenvalue weighted by Crippen LogP contribution is 2.30. The van der Waals surface area contributed by atoms with Crippen molar-refractivity contribution >= 4 is 17.3 Å². The molecule has 0 saturated carbocycles. The summed E-state index contributed by atoms with van der Waals surface area (Å²) >= 11 is 0. The van der Waals surface area contributed by atoms with Gasteiger partial charge in [-0.3, -0.25) is 4.79 Å². The number of halogens is 3. The summed E-state index contributed by atoms with van der Waals surface area (Å²) in [5.74, 6) is -0.0709. The maximum Gasteiger partial charge on any atom is 0.416 e. The van der Waals surface area contributed by atoms with Gasteiger partial charge >= 0.3 is 6.18 Å². The Morgan fingerprint density at radius 2 is 1.79 bits per heavy atom. The lowest BCUT2D eigenvalue weighted by Crippen LogP contribution is -2.22. The van der Waals surface area contributed by atoms with Gasteiger partial charge in [-0.25, -0.2) is 0 Å². The van der Waals surface area contributed by atoms with Crippen molar-refractivity contribution in [2.45, 2.75) is 25.9 Å². The second-order valence-electron chi connectivity index (χ2n) is 5.72. The molecule has 0 aliphatic carbocycles. The van der Waals surface area contributed by atoms with E-state index < -0.39 is 11.7 Å². The summed E-state index contributed by atoms with van der Waals surface area (Å²) in [6.07, 6.45) is -4.41. The number of alkyl halides is 3. The van der Waals surface area contributed by atoms with Crippen LogP contribution in [0.2, 0.25) is 0 Å². The van der Waals surface area contributed by atoms with E-state index >= 15 is 0 Å². The van der Waals surface area contributed by atoms with Crippen molar-refractivity contribution in [3.63, 3.8) is 0 Å². The number of amides is 1. The number of para-hydroxylation sites is 1. The summed E-state index contributed by atoms with van der Waals surface area (Å²) in [4.78, 5) is 12.0. The van der Waals surface area contributed by atoms with Crippen LogP contribution in [0.4, 0.5) is 24.5 Å². The predicted octanol–water partition coefficient (Wildman–Crippen LogP) is 4.88. The molecule has 0 aromatic heterocycles. The Hall–Kier alpha value is -2.50. The number of hydrogen-bond donors (Lipinski definition) is 2. The van der Waals surface area contributed by atoms with Crippen LogP contribution < -0.4 is 10.6 Å². The smallest absolute Gasteiger partial charge is 0.376 e. The Morgan fingerprint density at radius 1 is 1.08 bits per heavy atom. The molecule has 24 heavy (non-hydrogen) atoms. The summed E-state index contributed by atoms with van der Waals surface area (Å²) in [6, 6.07) is 12.2. The summed E-state index contributed by atoms with van der Waals surface area (Å²) in [6.45, 7) is 3.92. The van der Waals surface area contributed by atoms with E-state index in [9.17, 15) is 18.0 Å². The fourth-order valence-electron chi connectivity index (χ4n) is 2.30. The van der Waals surface area contributed by atoms with E-state index in [-0.39, 0.29) is 24.1 Å². The highest BCUT2D eigenvalue weighted by Gasteiger charge is 2.30. The van der Waals surface area contributed by atoms with Gasteiger partial charge in [0.15, 0.2) is 0 Å². The molecule has 0 spiro atoms. The van der Waals surface area contributed by atoms with Crippen molar-refractivity contribution in [2.24, 2.45) is 0 Å². The molecule has 1 amide bonds. The molecule has 0 heterocycles. The van der Waals surface area contributed by atoms with Gasteiger partial charge in [0.1, 0.15) is 0 Å². The Kier molecular flexibility index (Phi) is 5.49. The highest BCUT2D eigenvalue weighted by atomic mass is 19.4. The van der Waals surface area contributed by atoms with E-state index in [0.717, 1.165) is 17.7 Å². The van der Waals surface area contributed by atoms with Crippen LogP contribution in [0.1, 0.15) is 30.9 Å². The van der Waals surface area contributed by atoms with E-state index in [0.29, 0.717) is 5.69 Å². The van der Waals surface area contributed by atoms with Gasteiger partial charge in [0.25, 0.3) is 0 Å². The quantitative estimate of drug-likeness (QED) is 0.817. The second kappa shape index (κ2) is 7.38. The Balaban J connectivity index is 2.00. The van der Waals surface area contributed by atoms with Crippen molar-refractivity contribution in [3.8, 4) is 0 Å². The molecule has 0 bridgehead atoms. The van der Waals surface area contributed by atoms with E-state index in [1.165, 1.54) is 12.1 Å². The SMILES string of the molecule is CC(C)c1ccccc1NC(=O)CNc1cccc(C(F)(F)F)c1. The van der Waals surface area contributed by atoms with Crippen LogP contribution in [0, 0.1) is 0 Å². The monoisotopic (exact) mass is 336 g/mol. The van der Waals surface area contributed by atoms with Crippen LogP contribution in [0.5, 0.6) is 0 Å². The molecular weight excluding hydrogens is 317 g/mol. The van der Waals surface area contributed by atoms with E-state index in [1.54, 1.807) is 6.07 Å². The van der Waals surface area contributed by atoms with E-state index in [2.05, 4.69) is 10.6 Å². The van der Waals surface area contributed by atoms with Crippen LogP contribution in [0.25, 0.3) is 0 Å². The third kappa shape index (κ3) is 4.75. The maximum absolute atomic E-state index is 12.7. The van der Waals surface area contributed by atoms with Gasteiger partial charge in [-0.2, -0.15) is 13.2 Å². The van der Waals surface area contributed by atoms with Gasteiger partial charge in [0.05, 0.1) is 12.1 Å². The van der Waals surface area contributed by atoms with Crippen LogP contribution in [0.15, 0.2) is 48.5 Å². The van der Waals surface area contributed by atoms with Crippen molar-refractivity contribution < 1.29 is 18.0 Å². The minimum atomic E-state index is -4.41. The van der Waals surface area contributed by atoms with Crippen LogP contribution >= 0.6 is 0 Å². The average Bonchev–Trinajstić information content (AvgIpc) is 2.53. The lowest BCUT2D eigenvalue weighted by molar-refractivity contribution is -0.137. The first kappa shape index (κ1) is 17.8. The lowest BCUT2D eigenvalue weighted by atomic mass is 10.0. The third-order valence-corrected chi connectivity index (χ3v) is 3.50. The summed E-state index contributed by atoms with van der Waals surface area (Å²) in [7, 11) is 0. The van der Waals surface area contributed by atoms with E-state index in [1.807, 2.05) is 32.0 Å². The minimum absolute atomic E-state index is 0.117.